The van der Waals surface area contributed by atoms with Gasteiger partial charge in [-0.25, -0.2) is 4.39 Å². The third-order valence-electron chi connectivity index (χ3n) is 5.67. The van der Waals surface area contributed by atoms with Crippen molar-refractivity contribution in [2.24, 2.45) is 0 Å². The number of benzene rings is 2. The van der Waals surface area contributed by atoms with Crippen molar-refractivity contribution in [3.05, 3.63) is 77.1 Å². The first kappa shape index (κ1) is 20.3. The maximum atomic E-state index is 14.7. The molecule has 30 heavy (non-hydrogen) atoms. The molecular weight excluding hydrogens is 387 g/mol. The van der Waals surface area contributed by atoms with Crippen LogP contribution >= 0.6 is 0 Å². The summed E-state index contributed by atoms with van der Waals surface area (Å²) in [5.74, 6) is -2.69. The van der Waals surface area contributed by atoms with Gasteiger partial charge in [0, 0.05) is 11.1 Å². The van der Waals surface area contributed by atoms with Crippen LogP contribution in [0.1, 0.15) is 17.2 Å². The van der Waals surface area contributed by atoms with Crippen LogP contribution in [0.25, 0.3) is 5.76 Å². The number of ketones is 1. The predicted octanol–water partition coefficient (Wildman–Crippen LogP) is -0.0352. The number of morpholine rings is 1. The monoisotopic (exact) mass is 410 g/mol. The summed E-state index contributed by atoms with van der Waals surface area (Å²) in [6, 6.07) is 13.3. The van der Waals surface area contributed by atoms with Crippen molar-refractivity contribution >= 4 is 17.4 Å². The first-order valence-corrected chi connectivity index (χ1v) is 10.1. The Morgan fingerprint density at radius 2 is 1.73 bits per heavy atom. The number of hydrogen-bond acceptors (Lipinski definition) is 4. The molecule has 2 aliphatic heterocycles. The second-order valence-corrected chi connectivity index (χ2v) is 7.47. The molecule has 6 nitrogen and oxygen atoms in total. The second kappa shape index (κ2) is 8.77. The van der Waals surface area contributed by atoms with E-state index in [-0.39, 0.29) is 17.7 Å². The molecule has 1 amide bonds. The summed E-state index contributed by atoms with van der Waals surface area (Å²) in [7, 11) is 0. The van der Waals surface area contributed by atoms with E-state index < -0.39 is 29.3 Å². The van der Waals surface area contributed by atoms with E-state index in [0.717, 1.165) is 13.1 Å². The van der Waals surface area contributed by atoms with Crippen LogP contribution in [0.5, 0.6) is 0 Å². The molecule has 0 radical (unpaired) electrons. The molecule has 2 aromatic rings. The Kier molecular flexibility index (Phi) is 5.92. The van der Waals surface area contributed by atoms with Gasteiger partial charge in [0.05, 0.1) is 32.3 Å². The number of halogens is 1. The minimum absolute atomic E-state index is 0.160. The number of carbonyl (C=O) groups is 2. The SMILES string of the molecule is O=C1C(=O)N(CC[NH+]2CCOCC2)C(c2ccccc2F)C1=C([O-])c1ccccc1. The van der Waals surface area contributed by atoms with Crippen molar-refractivity contribution in [2.45, 2.75) is 6.04 Å². The summed E-state index contributed by atoms with van der Waals surface area (Å²) in [5, 5.41) is 13.2. The van der Waals surface area contributed by atoms with Gasteiger partial charge in [0.15, 0.2) is 0 Å². The Morgan fingerprint density at radius 1 is 1.07 bits per heavy atom. The summed E-state index contributed by atoms with van der Waals surface area (Å²) in [4.78, 5) is 28.3. The van der Waals surface area contributed by atoms with Crippen molar-refractivity contribution in [2.75, 3.05) is 39.4 Å². The smallest absolute Gasteiger partial charge is 0.295 e. The third-order valence-corrected chi connectivity index (χ3v) is 5.67. The zero-order chi connectivity index (χ0) is 21.1. The highest BCUT2D eigenvalue weighted by Crippen LogP contribution is 2.39. The maximum Gasteiger partial charge on any atom is 0.295 e. The molecule has 2 saturated heterocycles. The van der Waals surface area contributed by atoms with Crippen molar-refractivity contribution in [1.29, 1.82) is 0 Å². The van der Waals surface area contributed by atoms with Crippen molar-refractivity contribution in [3.63, 3.8) is 0 Å². The normalized spacial score (nSPS) is 21.9. The fourth-order valence-corrected chi connectivity index (χ4v) is 4.05. The highest BCUT2D eigenvalue weighted by atomic mass is 19.1. The van der Waals surface area contributed by atoms with Gasteiger partial charge in [-0.1, -0.05) is 54.3 Å². The topological polar surface area (TPSA) is 74.1 Å². The number of rotatable bonds is 5. The lowest BCUT2D eigenvalue weighted by Gasteiger charge is -2.30. The molecule has 156 valence electrons. The molecule has 7 heteroatoms. The number of quaternary nitrogens is 1. The number of nitrogens with one attached hydrogen (secondary N) is 1. The van der Waals surface area contributed by atoms with E-state index in [1.165, 1.54) is 21.9 Å². The fourth-order valence-electron chi connectivity index (χ4n) is 4.05. The van der Waals surface area contributed by atoms with Crippen LogP contribution in [0, 0.1) is 5.82 Å². The molecule has 1 unspecified atom stereocenters. The van der Waals surface area contributed by atoms with Crippen LogP contribution in [0.3, 0.4) is 0 Å². The maximum absolute atomic E-state index is 14.7. The van der Waals surface area contributed by atoms with E-state index in [1.54, 1.807) is 42.5 Å². The highest BCUT2D eigenvalue weighted by Gasteiger charge is 2.45. The summed E-state index contributed by atoms with van der Waals surface area (Å²) in [5.41, 5.74) is 0.275. The van der Waals surface area contributed by atoms with Crippen LogP contribution in [0.2, 0.25) is 0 Å². The van der Waals surface area contributed by atoms with Gasteiger partial charge in [-0.2, -0.15) is 0 Å². The summed E-state index contributed by atoms with van der Waals surface area (Å²) >= 11 is 0. The average Bonchev–Trinajstić information content (AvgIpc) is 3.03. The number of nitrogens with zero attached hydrogens (tertiary/aromatic N) is 1. The Hall–Kier alpha value is -3.03. The van der Waals surface area contributed by atoms with E-state index in [4.69, 9.17) is 4.74 Å². The largest absolute Gasteiger partial charge is 0.872 e. The number of amides is 1. The highest BCUT2D eigenvalue weighted by molar-refractivity contribution is 6.46. The van der Waals surface area contributed by atoms with Crippen molar-refractivity contribution in [3.8, 4) is 0 Å². The standard InChI is InChI=1S/C23H23FN2O4/c24-18-9-5-4-8-17(18)20-19(21(27)16-6-2-1-3-7-16)22(28)23(29)26(20)11-10-25-12-14-30-15-13-25/h1-9,20,27H,10-15H2. The lowest BCUT2D eigenvalue weighted by Crippen LogP contribution is -3.14. The van der Waals surface area contributed by atoms with Crippen LogP contribution < -0.4 is 10.0 Å². The molecule has 0 aromatic heterocycles. The van der Waals surface area contributed by atoms with Crippen molar-refractivity contribution < 1.29 is 28.7 Å². The van der Waals surface area contributed by atoms with Gasteiger partial charge in [0.1, 0.15) is 18.9 Å². The molecule has 0 aliphatic carbocycles. The first-order chi connectivity index (χ1) is 14.6. The Bertz CT molecular complexity index is 970. The quantitative estimate of drug-likeness (QED) is 0.427. The van der Waals surface area contributed by atoms with Crippen molar-refractivity contribution in [1.82, 2.24) is 4.90 Å². The lowest BCUT2D eigenvalue weighted by molar-refractivity contribution is -0.907. The molecule has 2 aromatic carbocycles. The molecule has 4 rings (SSSR count). The number of carbonyl (C=O) groups excluding carboxylic acids is 2. The van der Waals surface area contributed by atoms with Gasteiger partial charge in [0.2, 0.25) is 5.78 Å². The minimum atomic E-state index is -1.03. The molecule has 0 saturated carbocycles. The Balaban J connectivity index is 1.74. The Labute approximate surface area is 174 Å². The van der Waals surface area contributed by atoms with E-state index >= 15 is 0 Å². The van der Waals surface area contributed by atoms with Crippen LogP contribution in [-0.4, -0.2) is 56.0 Å². The number of Topliss-reactive ketones (excluding diaryl/α,β-unsaturated/α-hetero) is 1. The van der Waals surface area contributed by atoms with Crippen LogP contribution in [-0.2, 0) is 14.3 Å². The summed E-state index contributed by atoms with van der Waals surface area (Å²) in [6.45, 7) is 3.75. The average molecular weight is 410 g/mol. The molecule has 2 heterocycles. The molecule has 0 bridgehead atoms. The van der Waals surface area contributed by atoms with E-state index in [2.05, 4.69) is 0 Å². The van der Waals surface area contributed by atoms with E-state index in [0.29, 0.717) is 25.3 Å². The second-order valence-electron chi connectivity index (χ2n) is 7.47. The summed E-state index contributed by atoms with van der Waals surface area (Å²) in [6.07, 6.45) is 0. The fraction of sp³-hybridized carbons (Fsp3) is 0.304. The summed E-state index contributed by atoms with van der Waals surface area (Å²) < 4.78 is 20.1. The minimum Gasteiger partial charge on any atom is -0.872 e. The molecular formula is C23H23FN2O4. The predicted molar refractivity (Wildman–Crippen MR) is 106 cm³/mol. The van der Waals surface area contributed by atoms with Crippen LogP contribution in [0.15, 0.2) is 60.2 Å². The van der Waals surface area contributed by atoms with Gasteiger partial charge < -0.3 is 19.6 Å². The number of likely N-dealkylation sites (tertiary alicyclic amines) is 1. The van der Waals surface area contributed by atoms with Gasteiger partial charge in [0.25, 0.3) is 5.91 Å². The lowest BCUT2D eigenvalue weighted by atomic mass is 9.95. The number of ether oxygens (including phenoxy) is 1. The molecule has 2 aliphatic rings. The third kappa shape index (κ3) is 3.86. The van der Waals surface area contributed by atoms with Gasteiger partial charge in [-0.15, -0.1) is 0 Å². The molecule has 2 fully saturated rings. The van der Waals surface area contributed by atoms with Gasteiger partial charge in [-0.05, 0) is 11.6 Å². The van der Waals surface area contributed by atoms with Gasteiger partial charge in [-0.3, -0.25) is 9.59 Å². The number of hydrogen-bond donors (Lipinski definition) is 1. The zero-order valence-corrected chi connectivity index (χ0v) is 16.5. The molecule has 0 spiro atoms. The van der Waals surface area contributed by atoms with Crippen LogP contribution in [0.4, 0.5) is 4.39 Å². The zero-order valence-electron chi connectivity index (χ0n) is 16.5. The molecule has 1 N–H and O–H groups in total. The van der Waals surface area contributed by atoms with Gasteiger partial charge >= 0.3 is 0 Å². The van der Waals surface area contributed by atoms with E-state index in [9.17, 15) is 19.1 Å². The Morgan fingerprint density at radius 3 is 2.43 bits per heavy atom. The first-order valence-electron chi connectivity index (χ1n) is 10.1. The van der Waals surface area contributed by atoms with E-state index in [1.807, 2.05) is 0 Å². The molecule has 1 atom stereocenters.